The molecule has 1 aromatic rings. The van der Waals surface area contributed by atoms with Crippen molar-refractivity contribution in [1.82, 2.24) is 4.90 Å². The minimum Gasteiger partial charge on any atom is -0.337 e. The second-order valence-electron chi connectivity index (χ2n) is 6.01. The minimum atomic E-state index is -0.0198. The maximum absolute atomic E-state index is 12.5. The van der Waals surface area contributed by atoms with Crippen LogP contribution in [0.5, 0.6) is 0 Å². The first kappa shape index (κ1) is 13.3. The lowest BCUT2D eigenvalue weighted by Gasteiger charge is -2.16. The van der Waals surface area contributed by atoms with Crippen LogP contribution in [0.15, 0.2) is 24.3 Å². The van der Waals surface area contributed by atoms with Gasteiger partial charge in [0, 0.05) is 30.3 Å². The first-order valence-corrected chi connectivity index (χ1v) is 7.22. The summed E-state index contributed by atoms with van der Waals surface area (Å²) >= 11 is 0. The summed E-state index contributed by atoms with van der Waals surface area (Å²) in [6.45, 7) is 2.90. The molecule has 0 aromatic heterocycles. The van der Waals surface area contributed by atoms with Crippen molar-refractivity contribution in [2.75, 3.05) is 13.1 Å². The molecule has 1 amide bonds. The van der Waals surface area contributed by atoms with Gasteiger partial charge in [-0.15, -0.1) is 0 Å². The molecule has 4 heteroatoms. The summed E-state index contributed by atoms with van der Waals surface area (Å²) in [6, 6.07) is 7.05. The molecule has 4 nitrogen and oxygen atoms in total. The van der Waals surface area contributed by atoms with Crippen molar-refractivity contribution in [2.24, 2.45) is 17.6 Å². The third-order valence-electron chi connectivity index (χ3n) is 4.44. The summed E-state index contributed by atoms with van der Waals surface area (Å²) in [5, 5.41) is 0. The Labute approximate surface area is 118 Å². The molecule has 0 spiro atoms. The summed E-state index contributed by atoms with van der Waals surface area (Å²) in [6.07, 6.45) is 2.50. The molecule has 0 bridgehead atoms. The Morgan fingerprint density at radius 1 is 1.20 bits per heavy atom. The van der Waals surface area contributed by atoms with Crippen molar-refractivity contribution in [3.05, 3.63) is 35.4 Å². The van der Waals surface area contributed by atoms with E-state index in [2.05, 4.69) is 0 Å². The lowest BCUT2D eigenvalue weighted by atomic mass is 9.99. The van der Waals surface area contributed by atoms with Crippen LogP contribution in [0, 0.1) is 11.8 Å². The molecule has 2 fully saturated rings. The number of carbonyl (C=O) groups is 2. The topological polar surface area (TPSA) is 63.4 Å². The van der Waals surface area contributed by atoms with Crippen LogP contribution in [-0.4, -0.2) is 35.7 Å². The van der Waals surface area contributed by atoms with Crippen molar-refractivity contribution in [2.45, 2.75) is 25.8 Å². The van der Waals surface area contributed by atoms with Gasteiger partial charge in [-0.25, -0.2) is 0 Å². The lowest BCUT2D eigenvalue weighted by molar-refractivity contribution is 0.0785. The number of benzene rings is 1. The first-order chi connectivity index (χ1) is 9.56. The summed E-state index contributed by atoms with van der Waals surface area (Å²) in [4.78, 5) is 25.8. The highest BCUT2D eigenvalue weighted by Crippen LogP contribution is 2.41. The molecule has 0 unspecified atom stereocenters. The number of nitrogens with two attached hydrogens (primary N) is 1. The van der Waals surface area contributed by atoms with Gasteiger partial charge in [0.05, 0.1) is 0 Å². The molecule has 3 rings (SSSR count). The zero-order valence-electron chi connectivity index (χ0n) is 11.7. The van der Waals surface area contributed by atoms with E-state index in [0.717, 1.165) is 6.54 Å². The molecule has 1 aromatic carbocycles. The number of hydrogen-bond donors (Lipinski definition) is 1. The Kier molecular flexibility index (Phi) is 3.34. The highest BCUT2D eigenvalue weighted by molar-refractivity contribution is 5.99. The van der Waals surface area contributed by atoms with Crippen molar-refractivity contribution in [3.63, 3.8) is 0 Å². The van der Waals surface area contributed by atoms with Crippen LogP contribution in [0.3, 0.4) is 0 Å². The van der Waals surface area contributed by atoms with Gasteiger partial charge in [0.25, 0.3) is 5.91 Å². The van der Waals surface area contributed by atoms with Gasteiger partial charge in [0.15, 0.2) is 5.78 Å². The van der Waals surface area contributed by atoms with Gasteiger partial charge in [-0.05, 0) is 43.7 Å². The summed E-state index contributed by atoms with van der Waals surface area (Å²) < 4.78 is 0. The average molecular weight is 272 g/mol. The molecular formula is C16H20N2O2. The maximum atomic E-state index is 12.5. The number of rotatable bonds is 3. The number of likely N-dealkylation sites (tertiary alicyclic amines) is 1. The van der Waals surface area contributed by atoms with Crippen molar-refractivity contribution >= 4 is 11.7 Å². The zero-order valence-corrected chi connectivity index (χ0v) is 11.7. The standard InChI is InChI=1S/C16H20N2O2/c1-10(19)12-3-2-4-13(7-12)16(20)18-8-14(11-5-6-11)15(17)9-18/h2-4,7,11,14-15H,5-6,8-9,17H2,1H3/t14-,15+/m1/s1. The first-order valence-electron chi connectivity index (χ1n) is 7.22. The Morgan fingerprint density at radius 2 is 1.90 bits per heavy atom. The smallest absolute Gasteiger partial charge is 0.253 e. The highest BCUT2D eigenvalue weighted by Gasteiger charge is 2.42. The van der Waals surface area contributed by atoms with E-state index in [9.17, 15) is 9.59 Å². The van der Waals surface area contributed by atoms with Crippen LogP contribution >= 0.6 is 0 Å². The molecule has 1 saturated carbocycles. The van der Waals surface area contributed by atoms with E-state index >= 15 is 0 Å². The second kappa shape index (κ2) is 5.02. The Morgan fingerprint density at radius 3 is 2.55 bits per heavy atom. The van der Waals surface area contributed by atoms with Crippen LogP contribution in [0.25, 0.3) is 0 Å². The molecular weight excluding hydrogens is 252 g/mol. The fourth-order valence-corrected chi connectivity index (χ4v) is 3.10. The average Bonchev–Trinajstić information content (AvgIpc) is 3.21. The molecule has 2 aliphatic rings. The van der Waals surface area contributed by atoms with Gasteiger partial charge in [-0.3, -0.25) is 9.59 Å². The number of carbonyl (C=O) groups excluding carboxylic acids is 2. The molecule has 1 saturated heterocycles. The van der Waals surface area contributed by atoms with E-state index < -0.39 is 0 Å². The third-order valence-corrected chi connectivity index (χ3v) is 4.44. The number of nitrogens with zero attached hydrogens (tertiary/aromatic N) is 1. The largest absolute Gasteiger partial charge is 0.337 e. The summed E-state index contributed by atoms with van der Waals surface area (Å²) in [5.74, 6) is 1.14. The number of amides is 1. The predicted molar refractivity (Wildman–Crippen MR) is 76.5 cm³/mol. The summed E-state index contributed by atoms with van der Waals surface area (Å²) in [7, 11) is 0. The monoisotopic (exact) mass is 272 g/mol. The van der Waals surface area contributed by atoms with Gasteiger partial charge in [-0.2, -0.15) is 0 Å². The zero-order chi connectivity index (χ0) is 14.3. The van der Waals surface area contributed by atoms with Crippen LogP contribution in [0.4, 0.5) is 0 Å². The van der Waals surface area contributed by atoms with Crippen molar-refractivity contribution in [1.29, 1.82) is 0 Å². The molecule has 2 atom stereocenters. The van der Waals surface area contributed by atoms with Gasteiger partial charge in [0.1, 0.15) is 0 Å². The maximum Gasteiger partial charge on any atom is 0.253 e. The normalized spacial score (nSPS) is 25.8. The van der Waals surface area contributed by atoms with E-state index in [4.69, 9.17) is 5.73 Å². The Bertz CT molecular complexity index is 551. The molecule has 1 aliphatic carbocycles. The number of Topliss-reactive ketones (excluding diaryl/α,β-unsaturated/α-hetero) is 1. The molecule has 1 heterocycles. The summed E-state index contributed by atoms with van der Waals surface area (Å²) in [5.41, 5.74) is 7.32. The molecule has 1 aliphatic heterocycles. The van der Waals surface area contributed by atoms with Crippen molar-refractivity contribution in [3.8, 4) is 0 Å². The lowest BCUT2D eigenvalue weighted by Crippen LogP contribution is -2.32. The molecule has 2 N–H and O–H groups in total. The number of ketones is 1. The molecule has 20 heavy (non-hydrogen) atoms. The van der Waals surface area contributed by atoms with E-state index in [-0.39, 0.29) is 17.7 Å². The number of hydrogen-bond acceptors (Lipinski definition) is 3. The SMILES string of the molecule is CC(=O)c1cccc(C(=O)N2C[C@H](C3CC3)[C@@H](N)C2)c1. The highest BCUT2D eigenvalue weighted by atomic mass is 16.2. The molecule has 0 radical (unpaired) electrons. The van der Waals surface area contributed by atoms with Gasteiger partial charge >= 0.3 is 0 Å². The van der Waals surface area contributed by atoms with E-state index in [1.54, 1.807) is 24.3 Å². The van der Waals surface area contributed by atoms with Crippen LogP contribution < -0.4 is 5.73 Å². The molecule has 106 valence electrons. The van der Waals surface area contributed by atoms with Crippen LogP contribution in [-0.2, 0) is 0 Å². The second-order valence-corrected chi connectivity index (χ2v) is 6.01. The van der Waals surface area contributed by atoms with Gasteiger partial charge < -0.3 is 10.6 Å². The Balaban J connectivity index is 1.76. The quantitative estimate of drug-likeness (QED) is 0.852. The van der Waals surface area contributed by atoms with Gasteiger partial charge in [-0.1, -0.05) is 12.1 Å². The fourth-order valence-electron chi connectivity index (χ4n) is 3.10. The third kappa shape index (κ3) is 2.48. The van der Waals surface area contributed by atoms with E-state index in [0.29, 0.717) is 29.5 Å². The van der Waals surface area contributed by atoms with Crippen molar-refractivity contribution < 1.29 is 9.59 Å². The Hall–Kier alpha value is -1.68. The van der Waals surface area contributed by atoms with Crippen LogP contribution in [0.1, 0.15) is 40.5 Å². The van der Waals surface area contributed by atoms with Gasteiger partial charge in [0.2, 0.25) is 0 Å². The van der Waals surface area contributed by atoms with E-state index in [1.165, 1.54) is 19.8 Å². The van der Waals surface area contributed by atoms with E-state index in [1.807, 2.05) is 4.90 Å². The predicted octanol–water partition coefficient (Wildman–Crippen LogP) is 1.70. The minimum absolute atomic E-state index is 0.00769. The van der Waals surface area contributed by atoms with Crippen LogP contribution in [0.2, 0.25) is 0 Å². The fraction of sp³-hybridized carbons (Fsp3) is 0.500.